The molecule has 11 nitrogen and oxygen atoms in total. The van der Waals surface area contributed by atoms with E-state index in [0.717, 1.165) is 11.8 Å². The summed E-state index contributed by atoms with van der Waals surface area (Å²) >= 11 is 1.11. The van der Waals surface area contributed by atoms with E-state index in [9.17, 15) is 14.9 Å². The van der Waals surface area contributed by atoms with Gasteiger partial charge in [-0.15, -0.1) is 5.10 Å². The number of carbonyl (C=O) groups is 1. The van der Waals surface area contributed by atoms with Crippen molar-refractivity contribution in [2.75, 3.05) is 5.75 Å². The van der Waals surface area contributed by atoms with E-state index < -0.39 is 16.9 Å². The van der Waals surface area contributed by atoms with Crippen LogP contribution in [0.3, 0.4) is 0 Å². The lowest BCUT2D eigenvalue weighted by Crippen LogP contribution is -2.20. The molecule has 12 heteroatoms. The highest BCUT2D eigenvalue weighted by Gasteiger charge is 2.18. The molecule has 1 amide bonds. The van der Waals surface area contributed by atoms with Crippen LogP contribution in [-0.4, -0.2) is 53.8 Å². The smallest absolute Gasteiger partial charge is 0.239 e. The van der Waals surface area contributed by atoms with Gasteiger partial charge in [-0.05, 0) is 22.9 Å². The van der Waals surface area contributed by atoms with Crippen LogP contribution in [-0.2, 0) is 11.3 Å². The van der Waals surface area contributed by atoms with Crippen LogP contribution in [0.25, 0.3) is 0 Å². The standard InChI is InChI=1S/C11H17N7O4S/c1-3-8(7(2)18(21)22)4-9(14-20)6-23-11-13-15-16-17(11)5-10(12)19/h4,7,20H,3,5-6H2,1-2H3,(H2,12,19)/b8-4+,14-9+. The molecule has 0 saturated carbocycles. The fraction of sp³-hybridized carbons (Fsp3) is 0.545. The van der Waals surface area contributed by atoms with Gasteiger partial charge in [-0.2, -0.15) is 0 Å². The van der Waals surface area contributed by atoms with Crippen molar-refractivity contribution in [3.8, 4) is 0 Å². The van der Waals surface area contributed by atoms with Gasteiger partial charge in [0.1, 0.15) is 6.54 Å². The summed E-state index contributed by atoms with van der Waals surface area (Å²) in [6.45, 7) is 3.07. The van der Waals surface area contributed by atoms with Gasteiger partial charge in [0.05, 0.1) is 5.71 Å². The van der Waals surface area contributed by atoms with Gasteiger partial charge in [0.25, 0.3) is 0 Å². The Labute approximate surface area is 135 Å². The van der Waals surface area contributed by atoms with Crippen molar-refractivity contribution in [3.63, 3.8) is 0 Å². The summed E-state index contributed by atoms with van der Waals surface area (Å²) in [4.78, 5) is 21.3. The number of aromatic nitrogens is 4. The monoisotopic (exact) mass is 343 g/mol. The van der Waals surface area contributed by atoms with Crippen molar-refractivity contribution in [1.29, 1.82) is 0 Å². The molecule has 1 rings (SSSR count). The summed E-state index contributed by atoms with van der Waals surface area (Å²) in [7, 11) is 0. The number of nitro groups is 1. The summed E-state index contributed by atoms with van der Waals surface area (Å²) in [5.74, 6) is -0.424. The normalized spacial score (nSPS) is 13.8. The SMILES string of the molecule is CC/C(=C\C(CSc1nnnn1CC(N)=O)=N/O)C(C)[N+](=O)[O-]. The number of hydrogen-bond acceptors (Lipinski definition) is 9. The predicted octanol–water partition coefficient (Wildman–Crippen LogP) is 0.0823. The molecule has 0 aromatic carbocycles. The second-order valence-electron chi connectivity index (χ2n) is 4.50. The van der Waals surface area contributed by atoms with Gasteiger partial charge in [-0.25, -0.2) is 4.68 Å². The highest BCUT2D eigenvalue weighted by molar-refractivity contribution is 7.99. The second kappa shape index (κ2) is 8.82. The second-order valence-corrected chi connectivity index (χ2v) is 5.44. The van der Waals surface area contributed by atoms with Gasteiger partial charge in [-0.1, -0.05) is 23.8 Å². The van der Waals surface area contributed by atoms with Gasteiger partial charge >= 0.3 is 0 Å². The maximum Gasteiger partial charge on any atom is 0.239 e. The minimum absolute atomic E-state index is 0.170. The van der Waals surface area contributed by atoms with Crippen LogP contribution in [0.4, 0.5) is 0 Å². The molecular formula is C11H17N7O4S. The molecule has 0 saturated heterocycles. The molecule has 1 aromatic rings. The van der Waals surface area contributed by atoms with Gasteiger partial charge in [0.15, 0.2) is 0 Å². The Morgan fingerprint density at radius 3 is 2.87 bits per heavy atom. The van der Waals surface area contributed by atoms with Crippen LogP contribution in [0.5, 0.6) is 0 Å². The van der Waals surface area contributed by atoms with Crippen molar-refractivity contribution >= 4 is 23.4 Å². The quantitative estimate of drug-likeness (QED) is 0.209. The molecule has 1 heterocycles. The fourth-order valence-corrected chi connectivity index (χ4v) is 2.41. The average molecular weight is 343 g/mol. The Morgan fingerprint density at radius 1 is 1.65 bits per heavy atom. The van der Waals surface area contributed by atoms with Crippen LogP contribution in [0, 0.1) is 10.1 Å². The van der Waals surface area contributed by atoms with E-state index in [2.05, 4.69) is 20.7 Å². The van der Waals surface area contributed by atoms with E-state index in [1.165, 1.54) is 17.7 Å². The van der Waals surface area contributed by atoms with Crippen LogP contribution in [0.1, 0.15) is 20.3 Å². The minimum Gasteiger partial charge on any atom is -0.411 e. The van der Waals surface area contributed by atoms with Gasteiger partial charge in [-0.3, -0.25) is 14.9 Å². The Kier molecular flexibility index (Phi) is 7.12. The van der Waals surface area contributed by atoms with Crippen molar-refractivity contribution in [2.45, 2.75) is 38.0 Å². The third-order valence-electron chi connectivity index (χ3n) is 2.90. The van der Waals surface area contributed by atoms with E-state index in [1.54, 1.807) is 6.92 Å². The lowest BCUT2D eigenvalue weighted by Gasteiger charge is -2.07. The lowest BCUT2D eigenvalue weighted by molar-refractivity contribution is -0.507. The van der Waals surface area contributed by atoms with Crippen LogP contribution in [0.2, 0.25) is 0 Å². The van der Waals surface area contributed by atoms with Crippen LogP contribution >= 0.6 is 11.8 Å². The van der Waals surface area contributed by atoms with E-state index in [0.29, 0.717) is 17.2 Å². The molecule has 0 aliphatic rings. The van der Waals surface area contributed by atoms with E-state index in [4.69, 9.17) is 10.9 Å². The number of primary amides is 1. The number of hydrogen-bond donors (Lipinski definition) is 2. The van der Waals surface area contributed by atoms with Gasteiger partial charge in [0, 0.05) is 23.2 Å². The highest BCUT2D eigenvalue weighted by Crippen LogP contribution is 2.16. The highest BCUT2D eigenvalue weighted by atomic mass is 32.2. The number of amides is 1. The van der Waals surface area contributed by atoms with Gasteiger partial charge in [0.2, 0.25) is 17.1 Å². The largest absolute Gasteiger partial charge is 0.411 e. The Morgan fingerprint density at radius 2 is 2.35 bits per heavy atom. The molecule has 0 spiro atoms. The maximum absolute atomic E-state index is 10.9. The number of nitrogens with zero attached hydrogens (tertiary/aromatic N) is 6. The number of nitrogens with two attached hydrogens (primary N) is 1. The molecule has 3 N–H and O–H groups in total. The molecular weight excluding hydrogens is 326 g/mol. The third-order valence-corrected chi connectivity index (χ3v) is 3.89. The summed E-state index contributed by atoms with van der Waals surface area (Å²) in [6, 6.07) is -0.873. The number of tetrazole rings is 1. The zero-order chi connectivity index (χ0) is 17.4. The van der Waals surface area contributed by atoms with Crippen molar-refractivity contribution in [2.24, 2.45) is 10.9 Å². The third kappa shape index (κ3) is 5.65. The van der Waals surface area contributed by atoms with Crippen LogP contribution in [0.15, 0.2) is 22.0 Å². The van der Waals surface area contributed by atoms with Gasteiger partial charge < -0.3 is 10.9 Å². The number of carbonyl (C=O) groups excluding carboxylic acids is 1. The lowest BCUT2D eigenvalue weighted by atomic mass is 10.1. The maximum atomic E-state index is 10.9. The van der Waals surface area contributed by atoms with Crippen molar-refractivity contribution in [3.05, 3.63) is 21.8 Å². The summed E-state index contributed by atoms with van der Waals surface area (Å²) < 4.78 is 1.21. The summed E-state index contributed by atoms with van der Waals surface area (Å²) in [6.07, 6.45) is 1.92. The molecule has 0 bridgehead atoms. The fourth-order valence-electron chi connectivity index (χ4n) is 1.65. The Bertz CT molecular complexity index is 628. The summed E-state index contributed by atoms with van der Waals surface area (Å²) in [5, 5.41) is 34.1. The van der Waals surface area contributed by atoms with Crippen LogP contribution < -0.4 is 5.73 Å². The topological polar surface area (TPSA) is 162 Å². The molecule has 0 fully saturated rings. The zero-order valence-corrected chi connectivity index (χ0v) is 13.4. The Balaban J connectivity index is 2.80. The number of thioether (sulfide) groups is 1. The molecule has 0 aliphatic carbocycles. The first-order valence-corrected chi connectivity index (χ1v) is 7.59. The van der Waals surface area contributed by atoms with E-state index in [-0.39, 0.29) is 18.0 Å². The molecule has 126 valence electrons. The first kappa shape index (κ1) is 18.5. The van der Waals surface area contributed by atoms with Crippen molar-refractivity contribution < 1.29 is 14.9 Å². The average Bonchev–Trinajstić information content (AvgIpc) is 2.93. The van der Waals surface area contributed by atoms with E-state index in [1.807, 2.05) is 0 Å². The molecule has 0 aliphatic heterocycles. The number of oxime groups is 1. The molecule has 0 radical (unpaired) electrons. The first-order valence-electron chi connectivity index (χ1n) is 6.61. The summed E-state index contributed by atoms with van der Waals surface area (Å²) in [5.41, 5.74) is 5.84. The van der Waals surface area contributed by atoms with E-state index >= 15 is 0 Å². The molecule has 1 atom stereocenters. The first-order chi connectivity index (χ1) is 10.9. The molecule has 1 unspecified atom stereocenters. The minimum atomic E-state index is -0.873. The predicted molar refractivity (Wildman–Crippen MR) is 81.8 cm³/mol. The Hall–Kier alpha value is -2.50. The van der Waals surface area contributed by atoms with Crippen molar-refractivity contribution in [1.82, 2.24) is 20.2 Å². The molecule has 1 aromatic heterocycles. The number of allylic oxidation sites excluding steroid dienone is 1. The zero-order valence-electron chi connectivity index (χ0n) is 12.6. The molecule has 23 heavy (non-hydrogen) atoms. The number of rotatable bonds is 9.